The summed E-state index contributed by atoms with van der Waals surface area (Å²) < 4.78 is 1.76. The molecule has 1 unspecified atom stereocenters. The van der Waals surface area contributed by atoms with Gasteiger partial charge in [-0.25, -0.2) is 15.0 Å². The van der Waals surface area contributed by atoms with E-state index in [0.29, 0.717) is 19.5 Å². The van der Waals surface area contributed by atoms with Crippen LogP contribution in [0.2, 0.25) is 0 Å². The van der Waals surface area contributed by atoms with Crippen LogP contribution in [0, 0.1) is 0 Å². The summed E-state index contributed by atoms with van der Waals surface area (Å²) in [5, 5.41) is 0.777. The van der Waals surface area contributed by atoms with Gasteiger partial charge in [0.05, 0.1) is 24.0 Å². The fourth-order valence-corrected chi connectivity index (χ4v) is 5.06. The number of amides is 1. The van der Waals surface area contributed by atoms with Gasteiger partial charge in [-0.3, -0.25) is 14.2 Å². The van der Waals surface area contributed by atoms with E-state index in [0.717, 1.165) is 52.7 Å². The average Bonchev–Trinajstić information content (AvgIpc) is 3.32. The van der Waals surface area contributed by atoms with Crippen molar-refractivity contribution in [1.29, 1.82) is 0 Å². The first kappa shape index (κ1) is 15.1. The molecule has 1 aliphatic carbocycles. The van der Waals surface area contributed by atoms with Crippen molar-refractivity contribution in [2.45, 2.75) is 50.0 Å². The minimum absolute atomic E-state index is 0.0591. The van der Waals surface area contributed by atoms with E-state index in [1.807, 2.05) is 0 Å². The molecule has 7 nitrogen and oxygen atoms in total. The Hall–Kier alpha value is -2.22. The van der Waals surface area contributed by atoms with Crippen LogP contribution in [-0.2, 0) is 30.7 Å². The molecule has 2 aromatic heterocycles. The summed E-state index contributed by atoms with van der Waals surface area (Å²) in [6.07, 6.45) is 6.34. The van der Waals surface area contributed by atoms with Gasteiger partial charge in [-0.15, -0.1) is 0 Å². The van der Waals surface area contributed by atoms with Gasteiger partial charge in [0.15, 0.2) is 5.16 Å². The summed E-state index contributed by atoms with van der Waals surface area (Å²) in [6, 6.07) is -0.104. The Morgan fingerprint density at radius 1 is 1.28 bits per heavy atom. The Kier molecular flexibility index (Phi) is 3.41. The summed E-state index contributed by atoms with van der Waals surface area (Å²) in [5.41, 5.74) is 3.81. The molecule has 1 amide bonds. The maximum atomic E-state index is 12.8. The number of thioether (sulfide) groups is 1. The number of hydrogen-bond acceptors (Lipinski definition) is 6. The number of carbonyl (C=O) groups is 1. The van der Waals surface area contributed by atoms with Crippen LogP contribution in [-0.4, -0.2) is 36.1 Å². The molecule has 4 heterocycles. The highest BCUT2D eigenvalue weighted by Gasteiger charge is 2.33. The molecule has 0 N–H and O–H groups in total. The Balaban J connectivity index is 1.38. The molecule has 8 heteroatoms. The van der Waals surface area contributed by atoms with Crippen LogP contribution in [0.15, 0.2) is 22.5 Å². The normalized spacial score (nSPS) is 20.5. The molecule has 2 aromatic rings. The van der Waals surface area contributed by atoms with Crippen LogP contribution in [0.3, 0.4) is 0 Å². The Bertz CT molecular complexity index is 916. The quantitative estimate of drug-likeness (QED) is 0.751. The third-order valence-electron chi connectivity index (χ3n) is 5.22. The fourth-order valence-electron chi connectivity index (χ4n) is 3.91. The lowest BCUT2D eigenvalue weighted by Crippen LogP contribution is -2.32. The zero-order valence-corrected chi connectivity index (χ0v) is 14.5. The number of rotatable bonds is 2. The number of carbonyl (C=O) groups excluding carboxylic acids is 1. The molecule has 0 saturated heterocycles. The summed E-state index contributed by atoms with van der Waals surface area (Å²) in [5.74, 6) is 0.793. The highest BCUT2D eigenvalue weighted by Crippen LogP contribution is 2.34. The van der Waals surface area contributed by atoms with Crippen molar-refractivity contribution in [1.82, 2.24) is 24.4 Å². The molecule has 0 spiro atoms. The summed E-state index contributed by atoms with van der Waals surface area (Å²) in [4.78, 5) is 40.3. The van der Waals surface area contributed by atoms with E-state index in [1.54, 1.807) is 27.4 Å². The largest absolute Gasteiger partial charge is 0.332 e. The average molecular weight is 355 g/mol. The van der Waals surface area contributed by atoms with Crippen molar-refractivity contribution in [3.8, 4) is 0 Å². The number of aryl methyl sites for hydroxylation is 1. The lowest BCUT2D eigenvalue weighted by molar-refractivity contribution is -0.132. The molecule has 128 valence electrons. The van der Waals surface area contributed by atoms with Gasteiger partial charge in [0.2, 0.25) is 5.91 Å². The predicted octanol–water partition coefficient (Wildman–Crippen LogP) is 1.10. The lowest BCUT2D eigenvalue weighted by atomic mass is 10.2. The van der Waals surface area contributed by atoms with E-state index in [4.69, 9.17) is 0 Å². The highest BCUT2D eigenvalue weighted by molar-refractivity contribution is 7.99. The van der Waals surface area contributed by atoms with Gasteiger partial charge in [0.1, 0.15) is 6.33 Å². The molecular formula is C17H17N5O2S. The first-order valence-corrected chi connectivity index (χ1v) is 9.52. The number of nitrogens with zero attached hydrogens (tertiary/aromatic N) is 5. The number of fused-ring (bicyclic) bond motifs is 3. The molecule has 25 heavy (non-hydrogen) atoms. The maximum absolute atomic E-state index is 12.8. The second kappa shape index (κ2) is 5.66. The second-order valence-electron chi connectivity index (χ2n) is 6.76. The van der Waals surface area contributed by atoms with Gasteiger partial charge >= 0.3 is 0 Å². The lowest BCUT2D eigenvalue weighted by Gasteiger charge is -2.19. The van der Waals surface area contributed by atoms with E-state index >= 15 is 0 Å². The van der Waals surface area contributed by atoms with E-state index in [2.05, 4.69) is 15.0 Å². The molecule has 2 aliphatic heterocycles. The minimum Gasteiger partial charge on any atom is -0.332 e. The van der Waals surface area contributed by atoms with Crippen LogP contribution >= 0.6 is 11.8 Å². The van der Waals surface area contributed by atoms with E-state index in [-0.39, 0.29) is 17.5 Å². The van der Waals surface area contributed by atoms with Gasteiger partial charge in [-0.2, -0.15) is 0 Å². The van der Waals surface area contributed by atoms with Gasteiger partial charge in [0, 0.05) is 36.0 Å². The van der Waals surface area contributed by atoms with Gasteiger partial charge in [-0.05, 0) is 19.3 Å². The molecule has 0 radical (unpaired) electrons. The van der Waals surface area contributed by atoms with Gasteiger partial charge in [-0.1, -0.05) is 11.8 Å². The highest BCUT2D eigenvalue weighted by atomic mass is 32.2. The van der Waals surface area contributed by atoms with Gasteiger partial charge < -0.3 is 4.90 Å². The molecule has 1 atom stereocenters. The minimum atomic E-state index is -0.104. The summed E-state index contributed by atoms with van der Waals surface area (Å²) >= 11 is 1.59. The van der Waals surface area contributed by atoms with Crippen LogP contribution in [0.4, 0.5) is 0 Å². The third kappa shape index (κ3) is 2.38. The van der Waals surface area contributed by atoms with Crippen LogP contribution in [0.25, 0.3) is 0 Å². The van der Waals surface area contributed by atoms with Crippen LogP contribution < -0.4 is 5.56 Å². The topological polar surface area (TPSA) is 81.0 Å². The molecular weight excluding hydrogens is 338 g/mol. The number of aromatic nitrogens is 4. The molecule has 5 rings (SSSR count). The maximum Gasteiger partial charge on any atom is 0.257 e. The first-order chi connectivity index (χ1) is 12.2. The van der Waals surface area contributed by atoms with Gasteiger partial charge in [0.25, 0.3) is 5.56 Å². The molecule has 0 saturated carbocycles. The number of hydrogen-bond donors (Lipinski definition) is 0. The van der Waals surface area contributed by atoms with Crippen molar-refractivity contribution in [2.24, 2.45) is 0 Å². The summed E-state index contributed by atoms with van der Waals surface area (Å²) in [7, 11) is 0. The Morgan fingerprint density at radius 3 is 3.08 bits per heavy atom. The van der Waals surface area contributed by atoms with Crippen molar-refractivity contribution < 1.29 is 4.79 Å². The third-order valence-corrected chi connectivity index (χ3v) is 6.32. The zero-order chi connectivity index (χ0) is 17.0. The smallest absolute Gasteiger partial charge is 0.257 e. The Morgan fingerprint density at radius 2 is 2.20 bits per heavy atom. The second-order valence-corrected chi connectivity index (χ2v) is 7.75. The van der Waals surface area contributed by atoms with Crippen molar-refractivity contribution in [3.05, 3.63) is 45.4 Å². The SMILES string of the molecule is O=C(CC1CSc2nc3c(c(=O)n21)CCC3)N1Cc2cncnc2C1. The summed E-state index contributed by atoms with van der Waals surface area (Å²) in [6.45, 7) is 1.08. The first-order valence-electron chi connectivity index (χ1n) is 8.53. The zero-order valence-electron chi connectivity index (χ0n) is 13.6. The Labute approximate surface area is 148 Å². The van der Waals surface area contributed by atoms with E-state index in [9.17, 15) is 9.59 Å². The van der Waals surface area contributed by atoms with Crippen molar-refractivity contribution >= 4 is 17.7 Å². The molecule has 0 aromatic carbocycles. The molecule has 0 bridgehead atoms. The molecule has 0 fully saturated rings. The standard InChI is InChI=1S/C17H17N5O2S/c23-15(21-6-10-5-18-9-19-14(10)7-21)4-11-8-25-17-20-13-3-1-2-12(13)16(24)22(11)17/h5,9,11H,1-4,6-8H2. The van der Waals surface area contributed by atoms with E-state index in [1.165, 1.54) is 6.33 Å². The monoisotopic (exact) mass is 355 g/mol. The fraction of sp³-hybridized carbons (Fsp3) is 0.471. The van der Waals surface area contributed by atoms with E-state index < -0.39 is 0 Å². The predicted molar refractivity (Wildman–Crippen MR) is 91.2 cm³/mol. The van der Waals surface area contributed by atoms with Crippen molar-refractivity contribution in [3.63, 3.8) is 0 Å². The van der Waals surface area contributed by atoms with Crippen molar-refractivity contribution in [2.75, 3.05) is 5.75 Å². The molecule has 3 aliphatic rings. The van der Waals surface area contributed by atoms with Crippen LogP contribution in [0.5, 0.6) is 0 Å². The van der Waals surface area contributed by atoms with Crippen LogP contribution in [0.1, 0.15) is 41.4 Å².